The molecule has 0 aromatic heterocycles. The fourth-order valence-electron chi connectivity index (χ4n) is 2.85. The summed E-state index contributed by atoms with van der Waals surface area (Å²) >= 11 is 0. The van der Waals surface area contributed by atoms with Gasteiger partial charge in [-0.05, 0) is 26.2 Å². The second-order valence-corrected chi connectivity index (χ2v) is 6.72. The third-order valence-corrected chi connectivity index (χ3v) is 3.97. The summed E-state index contributed by atoms with van der Waals surface area (Å²) in [6, 6.07) is -0.318. The molecule has 1 saturated heterocycles. The third-order valence-electron chi connectivity index (χ3n) is 3.97. The molecule has 1 aliphatic heterocycles. The molecule has 0 saturated carbocycles. The standard InChI is InChI=1S/C16H30N2O2/c1-6-7-8-9-10-11-18-13(12(2)3)14(19)17-16(4,5)15(18)20/h12-13H,6-11H2,1-5H3,(H,17,19). The van der Waals surface area contributed by atoms with Crippen LogP contribution in [0.25, 0.3) is 0 Å². The van der Waals surface area contributed by atoms with Gasteiger partial charge in [0.2, 0.25) is 11.8 Å². The molecule has 1 atom stereocenters. The van der Waals surface area contributed by atoms with Crippen molar-refractivity contribution in [3.05, 3.63) is 0 Å². The number of piperazine rings is 1. The van der Waals surface area contributed by atoms with Gasteiger partial charge < -0.3 is 10.2 Å². The van der Waals surface area contributed by atoms with Gasteiger partial charge in [0, 0.05) is 6.54 Å². The van der Waals surface area contributed by atoms with Crippen molar-refractivity contribution >= 4 is 11.8 Å². The molecular weight excluding hydrogens is 252 g/mol. The molecule has 4 nitrogen and oxygen atoms in total. The Morgan fingerprint density at radius 1 is 1.15 bits per heavy atom. The average molecular weight is 282 g/mol. The number of carbonyl (C=O) groups excluding carboxylic acids is 2. The van der Waals surface area contributed by atoms with Crippen LogP contribution in [-0.4, -0.2) is 34.8 Å². The number of nitrogens with zero attached hydrogens (tertiary/aromatic N) is 1. The highest BCUT2D eigenvalue weighted by Crippen LogP contribution is 2.23. The lowest BCUT2D eigenvalue weighted by molar-refractivity contribution is -0.155. The van der Waals surface area contributed by atoms with Crippen LogP contribution < -0.4 is 5.32 Å². The van der Waals surface area contributed by atoms with Gasteiger partial charge in [0.25, 0.3) is 0 Å². The Hall–Kier alpha value is -1.06. The lowest BCUT2D eigenvalue weighted by Gasteiger charge is -2.44. The van der Waals surface area contributed by atoms with Gasteiger partial charge in [0.05, 0.1) is 0 Å². The summed E-state index contributed by atoms with van der Waals surface area (Å²) in [4.78, 5) is 26.6. The van der Waals surface area contributed by atoms with Crippen molar-refractivity contribution in [2.75, 3.05) is 6.54 Å². The van der Waals surface area contributed by atoms with E-state index in [1.165, 1.54) is 19.3 Å². The molecular formula is C16H30N2O2. The number of unbranched alkanes of at least 4 members (excludes halogenated alkanes) is 4. The molecule has 0 radical (unpaired) electrons. The van der Waals surface area contributed by atoms with Crippen molar-refractivity contribution in [2.24, 2.45) is 5.92 Å². The number of carbonyl (C=O) groups is 2. The smallest absolute Gasteiger partial charge is 0.248 e. The van der Waals surface area contributed by atoms with E-state index in [-0.39, 0.29) is 23.8 Å². The summed E-state index contributed by atoms with van der Waals surface area (Å²) in [5.41, 5.74) is -0.772. The van der Waals surface area contributed by atoms with E-state index < -0.39 is 5.54 Å². The van der Waals surface area contributed by atoms with Gasteiger partial charge in [-0.3, -0.25) is 9.59 Å². The summed E-state index contributed by atoms with van der Waals surface area (Å²) in [5, 5.41) is 2.85. The molecule has 0 aromatic carbocycles. The van der Waals surface area contributed by atoms with Gasteiger partial charge in [-0.1, -0.05) is 46.5 Å². The molecule has 1 aliphatic rings. The van der Waals surface area contributed by atoms with E-state index in [0.717, 1.165) is 12.8 Å². The molecule has 2 amide bonds. The topological polar surface area (TPSA) is 49.4 Å². The first-order valence-electron chi connectivity index (χ1n) is 7.94. The Morgan fingerprint density at radius 2 is 1.75 bits per heavy atom. The number of nitrogens with one attached hydrogen (secondary N) is 1. The maximum absolute atomic E-state index is 12.5. The van der Waals surface area contributed by atoms with Gasteiger partial charge in [-0.25, -0.2) is 0 Å². The zero-order chi connectivity index (χ0) is 15.3. The number of hydrogen-bond acceptors (Lipinski definition) is 2. The molecule has 1 rings (SSSR count). The Morgan fingerprint density at radius 3 is 2.30 bits per heavy atom. The van der Waals surface area contributed by atoms with Crippen LogP contribution in [-0.2, 0) is 9.59 Å². The first kappa shape index (κ1) is 17.0. The minimum atomic E-state index is -0.772. The van der Waals surface area contributed by atoms with Gasteiger partial charge in [0.15, 0.2) is 0 Å². The highest BCUT2D eigenvalue weighted by Gasteiger charge is 2.45. The molecule has 0 aromatic rings. The van der Waals surface area contributed by atoms with Gasteiger partial charge in [-0.2, -0.15) is 0 Å². The fraction of sp³-hybridized carbons (Fsp3) is 0.875. The second kappa shape index (κ2) is 7.09. The van der Waals surface area contributed by atoms with E-state index >= 15 is 0 Å². The Labute approximate surface area is 123 Å². The van der Waals surface area contributed by atoms with Crippen LogP contribution >= 0.6 is 0 Å². The van der Waals surface area contributed by atoms with Crippen molar-refractivity contribution in [1.29, 1.82) is 0 Å². The summed E-state index contributed by atoms with van der Waals surface area (Å²) < 4.78 is 0. The van der Waals surface area contributed by atoms with Crippen LogP contribution in [0.15, 0.2) is 0 Å². The maximum atomic E-state index is 12.5. The zero-order valence-corrected chi connectivity index (χ0v) is 13.7. The number of rotatable bonds is 7. The molecule has 0 aliphatic carbocycles. The van der Waals surface area contributed by atoms with Crippen LogP contribution in [0, 0.1) is 5.92 Å². The molecule has 1 heterocycles. The first-order chi connectivity index (χ1) is 9.31. The van der Waals surface area contributed by atoms with E-state index in [1.54, 1.807) is 18.7 Å². The van der Waals surface area contributed by atoms with Crippen molar-refractivity contribution in [2.45, 2.75) is 78.3 Å². The maximum Gasteiger partial charge on any atom is 0.248 e. The van der Waals surface area contributed by atoms with Crippen molar-refractivity contribution < 1.29 is 9.59 Å². The molecule has 0 bridgehead atoms. The van der Waals surface area contributed by atoms with Crippen molar-refractivity contribution in [3.63, 3.8) is 0 Å². The van der Waals surface area contributed by atoms with Crippen LogP contribution in [0.5, 0.6) is 0 Å². The van der Waals surface area contributed by atoms with Crippen LogP contribution in [0.2, 0.25) is 0 Å². The summed E-state index contributed by atoms with van der Waals surface area (Å²) in [6.07, 6.45) is 5.78. The minimum absolute atomic E-state index is 0.0156. The van der Waals surface area contributed by atoms with Crippen LogP contribution in [0.4, 0.5) is 0 Å². The van der Waals surface area contributed by atoms with Crippen LogP contribution in [0.3, 0.4) is 0 Å². The summed E-state index contributed by atoms with van der Waals surface area (Å²) in [6.45, 7) is 10.5. The average Bonchev–Trinajstić information content (AvgIpc) is 2.33. The summed E-state index contributed by atoms with van der Waals surface area (Å²) in [7, 11) is 0. The largest absolute Gasteiger partial charge is 0.340 e. The molecule has 0 spiro atoms. The zero-order valence-electron chi connectivity index (χ0n) is 13.7. The second-order valence-electron chi connectivity index (χ2n) is 6.72. The number of hydrogen-bond donors (Lipinski definition) is 1. The van der Waals surface area contributed by atoms with E-state index in [1.807, 2.05) is 13.8 Å². The van der Waals surface area contributed by atoms with E-state index in [4.69, 9.17) is 0 Å². The highest BCUT2D eigenvalue weighted by atomic mass is 16.2. The minimum Gasteiger partial charge on any atom is -0.340 e. The highest BCUT2D eigenvalue weighted by molar-refractivity contribution is 5.99. The predicted octanol–water partition coefficient (Wildman–Crippen LogP) is 2.72. The third kappa shape index (κ3) is 3.97. The van der Waals surface area contributed by atoms with Gasteiger partial charge in [-0.15, -0.1) is 0 Å². The quantitative estimate of drug-likeness (QED) is 0.730. The molecule has 1 unspecified atom stereocenters. The van der Waals surface area contributed by atoms with Gasteiger partial charge >= 0.3 is 0 Å². The predicted molar refractivity (Wildman–Crippen MR) is 81.3 cm³/mol. The molecule has 1 N–H and O–H groups in total. The molecule has 4 heteroatoms. The fourth-order valence-corrected chi connectivity index (χ4v) is 2.85. The lowest BCUT2D eigenvalue weighted by Crippen LogP contribution is -2.69. The Bertz CT molecular complexity index is 350. The van der Waals surface area contributed by atoms with Crippen molar-refractivity contribution in [3.8, 4) is 0 Å². The molecule has 20 heavy (non-hydrogen) atoms. The molecule has 1 fully saturated rings. The lowest BCUT2D eigenvalue weighted by atomic mass is 9.91. The Kier molecular flexibility index (Phi) is 6.03. The molecule has 116 valence electrons. The number of amides is 2. The summed E-state index contributed by atoms with van der Waals surface area (Å²) in [5.74, 6) is 0.176. The van der Waals surface area contributed by atoms with Gasteiger partial charge in [0.1, 0.15) is 11.6 Å². The SMILES string of the molecule is CCCCCCCN1C(=O)C(C)(C)NC(=O)C1C(C)C. The Balaban J connectivity index is 2.69. The monoisotopic (exact) mass is 282 g/mol. The van der Waals surface area contributed by atoms with Crippen molar-refractivity contribution in [1.82, 2.24) is 10.2 Å². The van der Waals surface area contributed by atoms with E-state index in [0.29, 0.717) is 6.54 Å². The first-order valence-corrected chi connectivity index (χ1v) is 7.94. The van der Waals surface area contributed by atoms with E-state index in [9.17, 15) is 9.59 Å². The van der Waals surface area contributed by atoms with Crippen LogP contribution in [0.1, 0.15) is 66.7 Å². The normalized spacial score (nSPS) is 22.3. The van der Waals surface area contributed by atoms with E-state index in [2.05, 4.69) is 12.2 Å².